The Balaban J connectivity index is 1.51. The number of thioether (sulfide) groups is 1. The van der Waals surface area contributed by atoms with Gasteiger partial charge in [-0.15, -0.1) is 11.8 Å². The lowest BCUT2D eigenvalue weighted by atomic mass is 9.89. The number of ether oxygens (including phenoxy) is 1. The molecular formula is C23H26BrNO3S. The largest absolute Gasteiger partial charge is 0.497 e. The molecule has 0 spiro atoms. The Morgan fingerprint density at radius 3 is 2.38 bits per heavy atom. The van der Waals surface area contributed by atoms with E-state index in [9.17, 15) is 9.59 Å². The third-order valence-corrected chi connectivity index (χ3v) is 7.40. The van der Waals surface area contributed by atoms with Crippen molar-refractivity contribution in [3.8, 4) is 5.75 Å². The Morgan fingerprint density at radius 2 is 1.76 bits per heavy atom. The van der Waals surface area contributed by atoms with E-state index < -0.39 is 0 Å². The molecule has 1 amide bonds. The first kappa shape index (κ1) is 21.9. The van der Waals surface area contributed by atoms with E-state index in [1.165, 1.54) is 11.1 Å². The van der Waals surface area contributed by atoms with Crippen LogP contribution in [0.4, 0.5) is 0 Å². The molecule has 0 unspecified atom stereocenters. The van der Waals surface area contributed by atoms with Crippen LogP contribution in [0.2, 0.25) is 0 Å². The Bertz CT molecular complexity index is 890. The predicted octanol–water partition coefficient (Wildman–Crippen LogP) is 5.29. The number of carbonyl (C=O) groups excluding carboxylic acids is 2. The summed E-state index contributed by atoms with van der Waals surface area (Å²) in [6.45, 7) is 5.40. The van der Waals surface area contributed by atoms with Crippen LogP contribution in [0.3, 0.4) is 0 Å². The number of benzene rings is 2. The van der Waals surface area contributed by atoms with Crippen molar-refractivity contribution in [3.05, 3.63) is 57.6 Å². The molecule has 0 N–H and O–H groups in total. The van der Waals surface area contributed by atoms with Gasteiger partial charge in [0.05, 0.1) is 12.9 Å². The molecule has 3 rings (SSSR count). The first-order valence-corrected chi connectivity index (χ1v) is 11.5. The van der Waals surface area contributed by atoms with Crippen molar-refractivity contribution in [2.75, 3.05) is 26.0 Å². The van der Waals surface area contributed by atoms with Gasteiger partial charge in [0.15, 0.2) is 5.78 Å². The van der Waals surface area contributed by atoms with Crippen LogP contribution >= 0.6 is 27.7 Å². The average molecular weight is 476 g/mol. The zero-order valence-electron chi connectivity index (χ0n) is 17.0. The van der Waals surface area contributed by atoms with Crippen molar-refractivity contribution in [1.82, 2.24) is 4.90 Å². The summed E-state index contributed by atoms with van der Waals surface area (Å²) < 4.78 is 6.24. The van der Waals surface area contributed by atoms with Gasteiger partial charge < -0.3 is 9.64 Å². The smallest absolute Gasteiger partial charge is 0.232 e. The number of methoxy groups -OCH3 is 1. The van der Waals surface area contributed by atoms with E-state index >= 15 is 0 Å². The fourth-order valence-corrected chi connectivity index (χ4v) is 4.99. The molecule has 2 aromatic carbocycles. The van der Waals surface area contributed by atoms with Gasteiger partial charge in [0.25, 0.3) is 0 Å². The molecule has 154 valence electrons. The number of amides is 1. The van der Waals surface area contributed by atoms with E-state index in [1.807, 2.05) is 29.2 Å². The topological polar surface area (TPSA) is 46.6 Å². The van der Waals surface area contributed by atoms with Crippen molar-refractivity contribution in [1.29, 1.82) is 0 Å². The first-order valence-electron chi connectivity index (χ1n) is 9.74. The molecular weight excluding hydrogens is 450 g/mol. The Hall–Kier alpha value is -1.79. The standard InChI is InChI=1S/C23H26BrNO3S/c1-15-13-21(16(2)12-20(15)24)29-14-22(26)25-10-8-18(9-11-25)23(27)17-4-6-19(28-3)7-5-17/h4-7,12-13,18H,8-11,14H2,1-3H3. The quantitative estimate of drug-likeness (QED) is 0.420. The maximum Gasteiger partial charge on any atom is 0.232 e. The SMILES string of the molecule is COc1ccc(C(=O)C2CCN(C(=O)CSc3cc(C)c(Br)cc3C)CC2)cc1. The number of aryl methyl sites for hydroxylation is 2. The summed E-state index contributed by atoms with van der Waals surface area (Å²) in [6, 6.07) is 11.5. The van der Waals surface area contributed by atoms with Crippen LogP contribution in [0.25, 0.3) is 0 Å². The van der Waals surface area contributed by atoms with E-state index in [4.69, 9.17) is 4.74 Å². The van der Waals surface area contributed by atoms with Gasteiger partial charge in [0.1, 0.15) is 5.75 Å². The number of likely N-dealkylation sites (tertiary alicyclic amines) is 1. The van der Waals surface area contributed by atoms with E-state index in [0.717, 1.165) is 28.0 Å². The molecule has 6 heteroatoms. The average Bonchev–Trinajstić information content (AvgIpc) is 2.74. The Morgan fingerprint density at radius 1 is 1.10 bits per heavy atom. The van der Waals surface area contributed by atoms with E-state index in [0.29, 0.717) is 24.4 Å². The fraction of sp³-hybridized carbons (Fsp3) is 0.391. The summed E-state index contributed by atoms with van der Waals surface area (Å²) in [6.07, 6.45) is 1.44. The molecule has 29 heavy (non-hydrogen) atoms. The molecule has 1 heterocycles. The van der Waals surface area contributed by atoms with Gasteiger partial charge in [-0.05, 0) is 74.2 Å². The number of hydrogen-bond donors (Lipinski definition) is 0. The minimum absolute atomic E-state index is 0.0172. The fourth-order valence-electron chi connectivity index (χ4n) is 3.52. The van der Waals surface area contributed by atoms with Gasteiger partial charge in [0.2, 0.25) is 5.91 Å². The molecule has 1 aliphatic heterocycles. The van der Waals surface area contributed by atoms with Crippen molar-refractivity contribution < 1.29 is 14.3 Å². The molecule has 1 saturated heterocycles. The summed E-state index contributed by atoms with van der Waals surface area (Å²) in [4.78, 5) is 28.4. The number of nitrogens with zero attached hydrogens (tertiary/aromatic N) is 1. The molecule has 0 atom stereocenters. The van der Waals surface area contributed by atoms with E-state index in [1.54, 1.807) is 18.9 Å². The summed E-state index contributed by atoms with van der Waals surface area (Å²) in [5, 5.41) is 0. The minimum atomic E-state index is -0.0172. The van der Waals surface area contributed by atoms with Crippen LogP contribution in [-0.4, -0.2) is 42.5 Å². The molecule has 4 nitrogen and oxygen atoms in total. The van der Waals surface area contributed by atoms with Crippen LogP contribution in [0.5, 0.6) is 5.75 Å². The van der Waals surface area contributed by atoms with Crippen molar-refractivity contribution >= 4 is 39.4 Å². The minimum Gasteiger partial charge on any atom is -0.497 e. The highest BCUT2D eigenvalue weighted by Gasteiger charge is 2.28. The Kier molecular flexibility index (Phi) is 7.41. The van der Waals surface area contributed by atoms with E-state index in [2.05, 4.69) is 41.9 Å². The lowest BCUT2D eigenvalue weighted by Gasteiger charge is -2.31. The molecule has 1 aliphatic rings. The van der Waals surface area contributed by atoms with Gasteiger partial charge in [0, 0.05) is 33.9 Å². The van der Waals surface area contributed by atoms with Gasteiger partial charge in [-0.25, -0.2) is 0 Å². The van der Waals surface area contributed by atoms with Crippen molar-refractivity contribution in [2.45, 2.75) is 31.6 Å². The molecule has 0 bridgehead atoms. The molecule has 0 radical (unpaired) electrons. The highest BCUT2D eigenvalue weighted by molar-refractivity contribution is 9.10. The van der Waals surface area contributed by atoms with Crippen LogP contribution in [-0.2, 0) is 4.79 Å². The molecule has 0 aliphatic carbocycles. The van der Waals surface area contributed by atoms with Crippen LogP contribution < -0.4 is 4.74 Å². The lowest BCUT2D eigenvalue weighted by Crippen LogP contribution is -2.41. The van der Waals surface area contributed by atoms with Crippen molar-refractivity contribution in [3.63, 3.8) is 0 Å². The van der Waals surface area contributed by atoms with Crippen LogP contribution in [0.1, 0.15) is 34.3 Å². The number of piperidine rings is 1. The molecule has 0 aromatic heterocycles. The zero-order valence-corrected chi connectivity index (χ0v) is 19.4. The maximum absolute atomic E-state index is 12.7. The highest BCUT2D eigenvalue weighted by Crippen LogP contribution is 2.29. The zero-order chi connectivity index (χ0) is 21.0. The number of carbonyl (C=O) groups is 2. The molecule has 1 fully saturated rings. The number of halogens is 1. The second-order valence-electron chi connectivity index (χ2n) is 7.40. The first-order chi connectivity index (χ1) is 13.9. The van der Waals surface area contributed by atoms with Gasteiger partial charge >= 0.3 is 0 Å². The van der Waals surface area contributed by atoms with Gasteiger partial charge in [-0.3, -0.25) is 9.59 Å². The highest BCUT2D eigenvalue weighted by atomic mass is 79.9. The predicted molar refractivity (Wildman–Crippen MR) is 121 cm³/mol. The van der Waals surface area contributed by atoms with Crippen LogP contribution in [0, 0.1) is 19.8 Å². The summed E-state index contributed by atoms with van der Waals surface area (Å²) in [5.74, 6) is 1.46. The van der Waals surface area contributed by atoms with Gasteiger partial charge in [-0.2, -0.15) is 0 Å². The van der Waals surface area contributed by atoms with Crippen molar-refractivity contribution in [2.24, 2.45) is 5.92 Å². The third-order valence-electron chi connectivity index (χ3n) is 5.40. The van der Waals surface area contributed by atoms with E-state index in [-0.39, 0.29) is 17.6 Å². The number of hydrogen-bond acceptors (Lipinski definition) is 4. The lowest BCUT2D eigenvalue weighted by molar-refractivity contribution is -0.129. The summed E-state index contributed by atoms with van der Waals surface area (Å²) >= 11 is 5.13. The number of rotatable bonds is 6. The van der Waals surface area contributed by atoms with Crippen LogP contribution in [0.15, 0.2) is 45.8 Å². The monoisotopic (exact) mass is 475 g/mol. The van der Waals surface area contributed by atoms with Gasteiger partial charge in [-0.1, -0.05) is 15.9 Å². The second-order valence-corrected chi connectivity index (χ2v) is 9.27. The number of ketones is 1. The number of Topliss-reactive ketones (excluding diaryl/α,β-unsaturated/α-hetero) is 1. The molecule has 0 saturated carbocycles. The summed E-state index contributed by atoms with van der Waals surface area (Å²) in [7, 11) is 1.61. The Labute approximate surface area is 185 Å². The molecule has 2 aromatic rings. The second kappa shape index (κ2) is 9.81. The normalized spacial score (nSPS) is 14.7. The third kappa shape index (κ3) is 5.43. The maximum atomic E-state index is 12.7. The summed E-state index contributed by atoms with van der Waals surface area (Å²) in [5.41, 5.74) is 3.06.